The summed E-state index contributed by atoms with van der Waals surface area (Å²) in [5.74, 6) is 0.943. The van der Waals surface area contributed by atoms with E-state index in [1.54, 1.807) is 18.3 Å². The Labute approximate surface area is 90.6 Å². The van der Waals surface area contributed by atoms with Gasteiger partial charge in [-0.3, -0.25) is 0 Å². The molecule has 0 saturated heterocycles. The number of halogens is 1. The third kappa shape index (κ3) is 2.50. The zero-order valence-electron chi connectivity index (χ0n) is 7.55. The van der Waals surface area contributed by atoms with Crippen molar-refractivity contribution in [2.45, 2.75) is 0 Å². The maximum absolute atomic E-state index is 5.61. The van der Waals surface area contributed by atoms with Crippen LogP contribution in [0.3, 0.4) is 0 Å². The second-order valence-electron chi connectivity index (χ2n) is 2.63. The Morgan fingerprint density at radius 2 is 2.07 bits per heavy atom. The SMILES string of the molecule is Nc1nc(Cl)nc(Nc2ccccn2)n1. The third-order valence-electron chi connectivity index (χ3n) is 1.53. The molecule has 0 bridgehead atoms. The molecule has 0 atom stereocenters. The number of nitrogen functional groups attached to an aromatic ring is 1. The van der Waals surface area contributed by atoms with Gasteiger partial charge in [0.2, 0.25) is 17.2 Å². The maximum Gasteiger partial charge on any atom is 0.234 e. The van der Waals surface area contributed by atoms with Crippen molar-refractivity contribution in [1.29, 1.82) is 0 Å². The zero-order valence-corrected chi connectivity index (χ0v) is 8.31. The summed E-state index contributed by atoms with van der Waals surface area (Å²) in [5, 5.41) is 2.89. The van der Waals surface area contributed by atoms with E-state index < -0.39 is 0 Å². The lowest BCUT2D eigenvalue weighted by Crippen LogP contribution is -2.03. The fourth-order valence-corrected chi connectivity index (χ4v) is 1.14. The normalized spacial score (nSPS) is 9.93. The predicted octanol–water partition coefficient (Wildman–Crippen LogP) is 1.25. The van der Waals surface area contributed by atoms with E-state index in [1.165, 1.54) is 0 Å². The average molecular weight is 223 g/mol. The van der Waals surface area contributed by atoms with E-state index in [4.69, 9.17) is 17.3 Å². The first kappa shape index (κ1) is 9.60. The first-order valence-corrected chi connectivity index (χ1v) is 4.47. The Kier molecular flexibility index (Phi) is 2.59. The highest BCUT2D eigenvalue weighted by Gasteiger charge is 2.02. The van der Waals surface area contributed by atoms with Crippen molar-refractivity contribution in [1.82, 2.24) is 19.9 Å². The zero-order chi connectivity index (χ0) is 10.7. The molecular formula is C8H7ClN6. The van der Waals surface area contributed by atoms with Crippen LogP contribution in [0.5, 0.6) is 0 Å². The van der Waals surface area contributed by atoms with Crippen LogP contribution in [0.2, 0.25) is 5.28 Å². The van der Waals surface area contributed by atoms with Gasteiger partial charge in [0.15, 0.2) is 0 Å². The summed E-state index contributed by atoms with van der Waals surface area (Å²) < 4.78 is 0. The minimum Gasteiger partial charge on any atom is -0.368 e. The number of hydrogen-bond donors (Lipinski definition) is 2. The van der Waals surface area contributed by atoms with E-state index in [0.29, 0.717) is 5.82 Å². The van der Waals surface area contributed by atoms with Crippen LogP contribution in [-0.4, -0.2) is 19.9 Å². The van der Waals surface area contributed by atoms with Crippen LogP contribution in [-0.2, 0) is 0 Å². The number of anilines is 3. The van der Waals surface area contributed by atoms with Gasteiger partial charge in [0.1, 0.15) is 5.82 Å². The van der Waals surface area contributed by atoms with Crippen LogP contribution in [0.25, 0.3) is 0 Å². The van der Waals surface area contributed by atoms with Crippen LogP contribution in [0, 0.1) is 0 Å². The van der Waals surface area contributed by atoms with Crippen molar-refractivity contribution in [2.24, 2.45) is 0 Å². The average Bonchev–Trinajstić information content (AvgIpc) is 2.17. The van der Waals surface area contributed by atoms with E-state index >= 15 is 0 Å². The fraction of sp³-hybridized carbons (Fsp3) is 0. The number of hydrogen-bond acceptors (Lipinski definition) is 6. The number of pyridine rings is 1. The summed E-state index contributed by atoms with van der Waals surface area (Å²) in [6.45, 7) is 0. The molecule has 2 aromatic heterocycles. The van der Waals surface area contributed by atoms with Gasteiger partial charge in [-0.1, -0.05) is 6.07 Å². The van der Waals surface area contributed by atoms with Crippen LogP contribution in [0.15, 0.2) is 24.4 Å². The number of nitrogens with one attached hydrogen (secondary N) is 1. The maximum atomic E-state index is 5.61. The quantitative estimate of drug-likeness (QED) is 0.795. The Morgan fingerprint density at radius 3 is 2.73 bits per heavy atom. The van der Waals surface area contributed by atoms with Crippen molar-refractivity contribution >= 4 is 29.3 Å². The number of nitrogens with zero attached hydrogens (tertiary/aromatic N) is 4. The molecule has 0 amide bonds. The van der Waals surface area contributed by atoms with Gasteiger partial charge in [0.25, 0.3) is 0 Å². The number of rotatable bonds is 2. The van der Waals surface area contributed by atoms with Crippen molar-refractivity contribution < 1.29 is 0 Å². The summed E-state index contributed by atoms with van der Waals surface area (Å²) in [6, 6.07) is 5.41. The van der Waals surface area contributed by atoms with Crippen LogP contribution < -0.4 is 11.1 Å². The van der Waals surface area contributed by atoms with Crippen LogP contribution in [0.1, 0.15) is 0 Å². The lowest BCUT2D eigenvalue weighted by atomic mass is 10.5. The van der Waals surface area contributed by atoms with Gasteiger partial charge in [-0.05, 0) is 23.7 Å². The summed E-state index contributed by atoms with van der Waals surface area (Å²) >= 11 is 5.61. The lowest BCUT2D eigenvalue weighted by Gasteiger charge is -2.03. The van der Waals surface area contributed by atoms with Gasteiger partial charge in [-0.2, -0.15) is 15.0 Å². The van der Waals surface area contributed by atoms with Gasteiger partial charge < -0.3 is 11.1 Å². The molecule has 2 heterocycles. The first-order chi connectivity index (χ1) is 7.24. The third-order valence-corrected chi connectivity index (χ3v) is 1.70. The first-order valence-electron chi connectivity index (χ1n) is 4.09. The van der Waals surface area contributed by atoms with E-state index in [1.807, 2.05) is 6.07 Å². The minimum absolute atomic E-state index is 0.0425. The van der Waals surface area contributed by atoms with E-state index in [-0.39, 0.29) is 17.2 Å². The monoisotopic (exact) mass is 222 g/mol. The van der Waals surface area contributed by atoms with Crippen LogP contribution >= 0.6 is 11.6 Å². The van der Waals surface area contributed by atoms with E-state index in [2.05, 4.69) is 25.3 Å². The van der Waals surface area contributed by atoms with Crippen molar-refractivity contribution in [3.8, 4) is 0 Å². The van der Waals surface area contributed by atoms with Gasteiger partial charge in [0, 0.05) is 6.20 Å². The molecule has 0 aliphatic carbocycles. The molecule has 0 fully saturated rings. The molecule has 0 unspecified atom stereocenters. The molecule has 2 aromatic rings. The summed E-state index contributed by atoms with van der Waals surface area (Å²) in [6.07, 6.45) is 1.65. The fourth-order valence-electron chi connectivity index (χ4n) is 0.973. The van der Waals surface area contributed by atoms with Crippen molar-refractivity contribution in [3.63, 3.8) is 0 Å². The van der Waals surface area contributed by atoms with Gasteiger partial charge >= 0.3 is 0 Å². The Hall–Kier alpha value is -1.95. The molecule has 0 aliphatic rings. The van der Waals surface area contributed by atoms with Crippen molar-refractivity contribution in [3.05, 3.63) is 29.7 Å². The molecule has 0 spiro atoms. The number of nitrogens with two attached hydrogens (primary N) is 1. The van der Waals surface area contributed by atoms with Gasteiger partial charge in [0.05, 0.1) is 0 Å². The largest absolute Gasteiger partial charge is 0.368 e. The Balaban J connectivity index is 2.25. The molecule has 0 aromatic carbocycles. The predicted molar refractivity (Wildman–Crippen MR) is 56.8 cm³/mol. The van der Waals surface area contributed by atoms with Gasteiger partial charge in [-0.25, -0.2) is 4.98 Å². The lowest BCUT2D eigenvalue weighted by molar-refractivity contribution is 1.06. The second kappa shape index (κ2) is 4.05. The minimum atomic E-state index is 0.0425. The molecular weight excluding hydrogens is 216 g/mol. The highest BCUT2D eigenvalue weighted by Crippen LogP contribution is 2.11. The molecule has 6 nitrogen and oxygen atoms in total. The molecule has 15 heavy (non-hydrogen) atoms. The van der Waals surface area contributed by atoms with Crippen LogP contribution in [0.4, 0.5) is 17.7 Å². The number of aromatic nitrogens is 4. The molecule has 0 radical (unpaired) electrons. The summed E-state index contributed by atoms with van der Waals surface area (Å²) in [7, 11) is 0. The van der Waals surface area contributed by atoms with E-state index in [9.17, 15) is 0 Å². The van der Waals surface area contributed by atoms with Crippen molar-refractivity contribution in [2.75, 3.05) is 11.1 Å². The summed E-state index contributed by atoms with van der Waals surface area (Å²) in [4.78, 5) is 15.4. The Morgan fingerprint density at radius 1 is 1.20 bits per heavy atom. The molecule has 0 aliphatic heterocycles. The molecule has 3 N–H and O–H groups in total. The topological polar surface area (TPSA) is 89.6 Å². The highest BCUT2D eigenvalue weighted by atomic mass is 35.5. The molecule has 2 rings (SSSR count). The van der Waals surface area contributed by atoms with Gasteiger partial charge in [-0.15, -0.1) is 0 Å². The summed E-state index contributed by atoms with van der Waals surface area (Å²) in [5.41, 5.74) is 5.41. The molecule has 7 heteroatoms. The second-order valence-corrected chi connectivity index (χ2v) is 2.96. The smallest absolute Gasteiger partial charge is 0.234 e. The molecule has 0 saturated carbocycles. The standard InChI is InChI=1S/C8H7ClN6/c9-6-13-7(10)15-8(14-6)12-5-3-1-2-4-11-5/h1-4H,(H3,10,11,12,13,14,15). The molecule has 76 valence electrons. The van der Waals surface area contributed by atoms with E-state index in [0.717, 1.165) is 0 Å². The highest BCUT2D eigenvalue weighted by molar-refractivity contribution is 6.28. The Bertz CT molecular complexity index is 440.